The monoisotopic (exact) mass is 458 g/mol. The van der Waals surface area contributed by atoms with Crippen molar-refractivity contribution in [1.29, 1.82) is 0 Å². The molecule has 8 nitrogen and oxygen atoms in total. The van der Waals surface area contributed by atoms with E-state index in [-0.39, 0.29) is 22.8 Å². The third-order valence-corrected chi connectivity index (χ3v) is 5.30. The molecule has 3 aromatic rings. The molecule has 1 unspecified atom stereocenters. The molecule has 2 heterocycles. The summed E-state index contributed by atoms with van der Waals surface area (Å²) in [7, 11) is -3.74. The van der Waals surface area contributed by atoms with Crippen LogP contribution in [0, 0.1) is 11.8 Å². The molecule has 1 aliphatic heterocycles. The molecule has 1 aliphatic rings. The number of pyridine rings is 1. The van der Waals surface area contributed by atoms with Crippen LogP contribution in [0.5, 0.6) is 5.75 Å². The Hall–Kier alpha value is -3.86. The average molecular weight is 458 g/mol. The standard InChI is InChI=1S/C21H16F2N4O4S/c1-32(29,30)31-15-6-3-13(4-7-15)21(19(28)26-20(24)27-21)14-5-8-17(22)16(10-14)12-2-9-18(23)25-11-12/h2-11H,1H3,(H3,24,26,27,28). The predicted molar refractivity (Wildman–Crippen MR) is 112 cm³/mol. The molecule has 1 atom stereocenters. The number of hydrogen-bond donors (Lipinski definition) is 2. The molecule has 0 saturated carbocycles. The largest absolute Gasteiger partial charge is 0.383 e. The van der Waals surface area contributed by atoms with Crippen LogP contribution in [0.4, 0.5) is 8.78 Å². The summed E-state index contributed by atoms with van der Waals surface area (Å²) in [5.41, 5.74) is 5.12. The Balaban J connectivity index is 1.86. The molecule has 0 fully saturated rings. The van der Waals surface area contributed by atoms with Crippen LogP contribution in [0.3, 0.4) is 0 Å². The van der Waals surface area contributed by atoms with Crippen molar-refractivity contribution in [3.05, 3.63) is 83.7 Å². The van der Waals surface area contributed by atoms with Gasteiger partial charge in [0.15, 0.2) is 11.5 Å². The summed E-state index contributed by atoms with van der Waals surface area (Å²) in [5, 5.41) is 2.44. The first kappa shape index (κ1) is 21.4. The van der Waals surface area contributed by atoms with Crippen molar-refractivity contribution in [3.8, 4) is 16.9 Å². The van der Waals surface area contributed by atoms with E-state index in [0.29, 0.717) is 11.1 Å². The van der Waals surface area contributed by atoms with Crippen molar-refractivity contribution in [1.82, 2.24) is 10.3 Å². The summed E-state index contributed by atoms with van der Waals surface area (Å²) in [6.45, 7) is 0. The maximum atomic E-state index is 14.6. The third-order valence-electron chi connectivity index (χ3n) is 4.80. The van der Waals surface area contributed by atoms with Gasteiger partial charge in [-0.2, -0.15) is 12.8 Å². The fraction of sp³-hybridized carbons (Fsp3) is 0.0952. The summed E-state index contributed by atoms with van der Waals surface area (Å²) in [6, 6.07) is 12.1. The van der Waals surface area contributed by atoms with E-state index in [1.54, 1.807) is 0 Å². The first-order valence-electron chi connectivity index (χ1n) is 9.17. The summed E-state index contributed by atoms with van der Waals surface area (Å²) >= 11 is 0. The predicted octanol–water partition coefficient (Wildman–Crippen LogP) is 2.05. The Kier molecular flexibility index (Phi) is 5.13. The van der Waals surface area contributed by atoms with E-state index in [1.807, 2.05) is 0 Å². The van der Waals surface area contributed by atoms with Crippen molar-refractivity contribution in [2.45, 2.75) is 5.54 Å². The summed E-state index contributed by atoms with van der Waals surface area (Å²) in [6.07, 6.45) is 2.08. The highest BCUT2D eigenvalue weighted by Gasteiger charge is 2.47. The van der Waals surface area contributed by atoms with Crippen LogP contribution in [-0.2, 0) is 20.5 Å². The average Bonchev–Trinajstić information content (AvgIpc) is 3.03. The summed E-state index contributed by atoms with van der Waals surface area (Å²) < 4.78 is 55.3. The number of nitrogens with zero attached hydrogens (tertiary/aromatic N) is 2. The van der Waals surface area contributed by atoms with Crippen molar-refractivity contribution in [2.24, 2.45) is 10.7 Å². The van der Waals surface area contributed by atoms with Gasteiger partial charge in [0.05, 0.1) is 6.26 Å². The number of aliphatic imine (C=N–C) groups is 1. The lowest BCUT2D eigenvalue weighted by Crippen LogP contribution is -2.39. The maximum absolute atomic E-state index is 14.6. The van der Waals surface area contributed by atoms with Gasteiger partial charge in [-0.1, -0.05) is 18.2 Å². The molecule has 11 heteroatoms. The maximum Gasteiger partial charge on any atom is 0.306 e. The first-order valence-corrected chi connectivity index (χ1v) is 11.0. The van der Waals surface area contributed by atoms with Gasteiger partial charge < -0.3 is 9.92 Å². The number of amides is 1. The Morgan fingerprint density at radius 3 is 2.28 bits per heavy atom. The van der Waals surface area contributed by atoms with E-state index < -0.39 is 33.3 Å². The quantitative estimate of drug-likeness (QED) is 0.446. The zero-order valence-electron chi connectivity index (χ0n) is 16.5. The smallest absolute Gasteiger partial charge is 0.306 e. The minimum absolute atomic E-state index is 0.0407. The topological polar surface area (TPSA) is 124 Å². The van der Waals surface area contributed by atoms with E-state index in [0.717, 1.165) is 18.4 Å². The van der Waals surface area contributed by atoms with Gasteiger partial charge in [-0.3, -0.25) is 10.1 Å². The van der Waals surface area contributed by atoms with Crippen LogP contribution in [0.2, 0.25) is 0 Å². The highest BCUT2D eigenvalue weighted by Crippen LogP contribution is 2.39. The number of nitrogens with one attached hydrogen (secondary N) is 1. The second-order valence-electron chi connectivity index (χ2n) is 7.04. The number of carbonyl (C=O) groups excluding carboxylic acids is 1. The molecule has 0 saturated heterocycles. The number of carbonyl (C=O) groups is 1. The molecule has 1 aromatic heterocycles. The molecule has 32 heavy (non-hydrogen) atoms. The van der Waals surface area contributed by atoms with E-state index >= 15 is 0 Å². The van der Waals surface area contributed by atoms with Crippen LogP contribution in [0.25, 0.3) is 11.1 Å². The van der Waals surface area contributed by atoms with Crippen LogP contribution in [0.1, 0.15) is 11.1 Å². The Bertz CT molecular complexity index is 1340. The van der Waals surface area contributed by atoms with Gasteiger partial charge in [-0.05, 0) is 47.5 Å². The zero-order valence-corrected chi connectivity index (χ0v) is 17.4. The van der Waals surface area contributed by atoms with E-state index in [2.05, 4.69) is 15.3 Å². The number of halogens is 2. The van der Waals surface area contributed by atoms with Crippen LogP contribution >= 0.6 is 0 Å². The Morgan fingerprint density at radius 2 is 1.72 bits per heavy atom. The number of aromatic nitrogens is 1. The Morgan fingerprint density at radius 1 is 1.03 bits per heavy atom. The fourth-order valence-corrected chi connectivity index (χ4v) is 3.92. The number of rotatable bonds is 5. The lowest BCUT2D eigenvalue weighted by atomic mass is 9.82. The molecule has 0 aliphatic carbocycles. The third kappa shape index (κ3) is 3.89. The number of benzene rings is 2. The van der Waals surface area contributed by atoms with Gasteiger partial charge in [-0.25, -0.2) is 14.4 Å². The van der Waals surface area contributed by atoms with Crippen LogP contribution < -0.4 is 15.2 Å². The normalized spacial score (nSPS) is 18.2. The molecule has 0 radical (unpaired) electrons. The van der Waals surface area contributed by atoms with Crippen molar-refractivity contribution >= 4 is 22.0 Å². The SMILES string of the molecule is CS(=O)(=O)Oc1ccc(C2(c3ccc(F)c(-c4ccc(F)nc4)c3)N=C(N)NC2=O)cc1. The van der Waals surface area contributed by atoms with Gasteiger partial charge >= 0.3 is 10.1 Å². The molecule has 3 N–H and O–H groups in total. The van der Waals surface area contributed by atoms with Gasteiger partial charge in [0.2, 0.25) is 5.95 Å². The van der Waals surface area contributed by atoms with Crippen LogP contribution in [0.15, 0.2) is 65.8 Å². The molecule has 164 valence electrons. The number of nitrogens with two attached hydrogens (primary N) is 1. The van der Waals surface area contributed by atoms with Crippen LogP contribution in [-0.4, -0.2) is 31.5 Å². The second-order valence-corrected chi connectivity index (χ2v) is 8.61. The minimum atomic E-state index is -3.74. The van der Waals surface area contributed by atoms with E-state index in [1.165, 1.54) is 48.7 Å². The molecule has 4 rings (SSSR count). The highest BCUT2D eigenvalue weighted by molar-refractivity contribution is 7.86. The fourth-order valence-electron chi connectivity index (χ4n) is 3.46. The molecular formula is C21H16F2N4O4S. The highest BCUT2D eigenvalue weighted by atomic mass is 32.2. The lowest BCUT2D eigenvalue weighted by Gasteiger charge is -2.25. The number of guanidine groups is 1. The Labute approximate surface area is 181 Å². The molecule has 0 spiro atoms. The van der Waals surface area contributed by atoms with Crippen molar-refractivity contribution in [2.75, 3.05) is 6.26 Å². The summed E-state index contributed by atoms with van der Waals surface area (Å²) in [4.78, 5) is 20.9. The van der Waals surface area contributed by atoms with Gasteiger partial charge in [0.25, 0.3) is 5.91 Å². The lowest BCUT2D eigenvalue weighted by molar-refractivity contribution is -0.122. The van der Waals surface area contributed by atoms with Gasteiger partial charge in [0, 0.05) is 17.3 Å². The second kappa shape index (κ2) is 7.68. The first-order chi connectivity index (χ1) is 15.1. The molecule has 1 amide bonds. The summed E-state index contributed by atoms with van der Waals surface area (Å²) in [5.74, 6) is -2.00. The zero-order chi connectivity index (χ0) is 23.1. The number of hydrogen-bond acceptors (Lipinski definition) is 7. The molecule has 0 bridgehead atoms. The van der Waals surface area contributed by atoms with E-state index in [4.69, 9.17) is 9.92 Å². The van der Waals surface area contributed by atoms with Gasteiger partial charge in [0.1, 0.15) is 11.6 Å². The molecular weight excluding hydrogens is 442 g/mol. The minimum Gasteiger partial charge on any atom is -0.383 e. The molecule has 2 aromatic carbocycles. The van der Waals surface area contributed by atoms with Crippen molar-refractivity contribution in [3.63, 3.8) is 0 Å². The van der Waals surface area contributed by atoms with E-state index in [9.17, 15) is 22.0 Å². The van der Waals surface area contributed by atoms with Crippen molar-refractivity contribution < 1.29 is 26.2 Å². The van der Waals surface area contributed by atoms with Gasteiger partial charge in [-0.15, -0.1) is 0 Å².